The zero-order valence-corrected chi connectivity index (χ0v) is 21.9. The minimum atomic E-state index is -0.951. The van der Waals surface area contributed by atoms with Gasteiger partial charge >= 0.3 is 0 Å². The van der Waals surface area contributed by atoms with Gasteiger partial charge in [0.2, 0.25) is 5.91 Å². The summed E-state index contributed by atoms with van der Waals surface area (Å²) in [4.78, 5) is 35.6. The lowest BCUT2D eigenvalue weighted by molar-refractivity contribution is -0.126. The molecule has 0 saturated carbocycles. The fraction of sp³-hybridized carbons (Fsp3) is 0.250. The number of hydroxylamine groups is 1. The fourth-order valence-electron chi connectivity index (χ4n) is 5.50. The fourth-order valence-corrected chi connectivity index (χ4v) is 5.50. The number of anilines is 2. The molecule has 2 amide bonds. The minimum Gasteiger partial charge on any atom is -0.490 e. The Labute approximate surface area is 227 Å². The zero-order valence-electron chi connectivity index (χ0n) is 21.9. The first-order valence-electron chi connectivity index (χ1n) is 13.4. The maximum absolute atomic E-state index is 14.2. The van der Waals surface area contributed by atoms with Crippen LogP contribution < -0.4 is 19.4 Å². The van der Waals surface area contributed by atoms with Gasteiger partial charge in [-0.1, -0.05) is 67.6 Å². The molecule has 0 radical (unpaired) electrons. The van der Waals surface area contributed by atoms with E-state index in [0.717, 1.165) is 28.4 Å². The summed E-state index contributed by atoms with van der Waals surface area (Å²) < 4.78 is 11.8. The Morgan fingerprint density at radius 3 is 2.36 bits per heavy atom. The molecule has 2 aliphatic heterocycles. The van der Waals surface area contributed by atoms with Crippen molar-refractivity contribution in [3.63, 3.8) is 0 Å². The van der Waals surface area contributed by atoms with Gasteiger partial charge in [0, 0.05) is 5.39 Å². The van der Waals surface area contributed by atoms with Crippen LogP contribution in [0.1, 0.15) is 31.9 Å². The Kier molecular flexibility index (Phi) is 6.67. The smallest absolute Gasteiger partial charge is 0.266 e. The van der Waals surface area contributed by atoms with Gasteiger partial charge in [0.1, 0.15) is 5.92 Å². The summed E-state index contributed by atoms with van der Waals surface area (Å²) in [7, 11) is 0. The van der Waals surface area contributed by atoms with Crippen LogP contribution in [-0.2, 0) is 14.4 Å². The number of imide groups is 1. The van der Waals surface area contributed by atoms with Crippen LogP contribution in [0.3, 0.4) is 0 Å². The van der Waals surface area contributed by atoms with E-state index in [9.17, 15) is 9.59 Å². The van der Waals surface area contributed by atoms with Gasteiger partial charge in [-0.05, 0) is 54.6 Å². The van der Waals surface area contributed by atoms with Gasteiger partial charge in [-0.15, -0.1) is 0 Å². The summed E-state index contributed by atoms with van der Waals surface area (Å²) in [5.74, 6) is -0.140. The van der Waals surface area contributed by atoms with Crippen LogP contribution in [0.15, 0.2) is 91.0 Å². The largest absolute Gasteiger partial charge is 0.490 e. The molecule has 7 heteroatoms. The molecule has 0 N–H and O–H groups in total. The van der Waals surface area contributed by atoms with Gasteiger partial charge in [0.15, 0.2) is 17.6 Å². The Bertz CT molecular complexity index is 1520. The molecule has 4 aromatic carbocycles. The normalized spacial score (nSPS) is 20.5. The first-order valence-corrected chi connectivity index (χ1v) is 13.4. The molecule has 198 valence electrons. The van der Waals surface area contributed by atoms with Crippen molar-refractivity contribution in [3.8, 4) is 11.5 Å². The molecule has 2 aliphatic rings. The number of ether oxygens (including phenoxy) is 2. The second-order valence-corrected chi connectivity index (χ2v) is 9.66. The van der Waals surface area contributed by atoms with Gasteiger partial charge < -0.3 is 9.47 Å². The molecule has 3 atom stereocenters. The lowest BCUT2D eigenvalue weighted by Gasteiger charge is -2.29. The average Bonchev–Trinajstić information content (AvgIpc) is 3.48. The van der Waals surface area contributed by atoms with Crippen molar-refractivity contribution < 1.29 is 23.9 Å². The predicted molar refractivity (Wildman–Crippen MR) is 150 cm³/mol. The van der Waals surface area contributed by atoms with E-state index >= 15 is 0 Å². The maximum atomic E-state index is 14.2. The SMILES string of the molecule is CCCOc1ccc([C@H]2[C@@H]3C(=O)N(c4cccc5ccccc45)C(=O)[C@@H]3ON2c2ccccc2)cc1OCC. The van der Waals surface area contributed by atoms with E-state index in [0.29, 0.717) is 30.4 Å². The third-order valence-electron chi connectivity index (χ3n) is 7.20. The Hall–Kier alpha value is -4.36. The topological polar surface area (TPSA) is 68.3 Å². The lowest BCUT2D eigenvalue weighted by atomic mass is 9.90. The van der Waals surface area contributed by atoms with Gasteiger partial charge in [-0.3, -0.25) is 14.4 Å². The number of hydrogen-bond acceptors (Lipinski definition) is 6. The quantitative estimate of drug-likeness (QED) is 0.261. The summed E-state index contributed by atoms with van der Waals surface area (Å²) in [6, 6.07) is 28.1. The number of benzene rings is 4. The van der Waals surface area contributed by atoms with Crippen molar-refractivity contribution in [1.82, 2.24) is 0 Å². The Balaban J connectivity index is 1.44. The molecule has 7 nitrogen and oxygen atoms in total. The third kappa shape index (κ3) is 4.29. The lowest BCUT2D eigenvalue weighted by Crippen LogP contribution is -2.37. The van der Waals surface area contributed by atoms with Crippen LogP contribution in [0.25, 0.3) is 10.8 Å². The molecule has 2 heterocycles. The van der Waals surface area contributed by atoms with E-state index in [1.807, 2.05) is 105 Å². The first-order chi connectivity index (χ1) is 19.1. The van der Waals surface area contributed by atoms with Crippen molar-refractivity contribution in [2.45, 2.75) is 32.4 Å². The molecule has 0 aromatic heterocycles. The van der Waals surface area contributed by atoms with Gasteiger partial charge in [0.05, 0.1) is 30.6 Å². The van der Waals surface area contributed by atoms with Crippen LogP contribution in [0.2, 0.25) is 0 Å². The molecular formula is C32H30N2O5. The summed E-state index contributed by atoms with van der Waals surface area (Å²) in [6.45, 7) is 5.00. The summed E-state index contributed by atoms with van der Waals surface area (Å²) in [5.41, 5.74) is 2.14. The second-order valence-electron chi connectivity index (χ2n) is 9.66. The molecule has 0 unspecified atom stereocenters. The maximum Gasteiger partial charge on any atom is 0.266 e. The average molecular weight is 523 g/mol. The number of carbonyl (C=O) groups is 2. The molecule has 39 heavy (non-hydrogen) atoms. The molecule has 2 fully saturated rings. The highest BCUT2D eigenvalue weighted by molar-refractivity contribution is 6.26. The number of carbonyl (C=O) groups excluding carboxylic acids is 2. The molecular weight excluding hydrogens is 492 g/mol. The van der Waals surface area contributed by atoms with Gasteiger partial charge in [0.25, 0.3) is 5.91 Å². The van der Waals surface area contributed by atoms with Crippen molar-refractivity contribution in [2.75, 3.05) is 23.2 Å². The predicted octanol–water partition coefficient (Wildman–Crippen LogP) is 6.08. The molecule has 0 bridgehead atoms. The number of amides is 2. The Morgan fingerprint density at radius 2 is 1.56 bits per heavy atom. The molecule has 6 rings (SSSR count). The highest BCUT2D eigenvalue weighted by Crippen LogP contribution is 2.49. The van der Waals surface area contributed by atoms with Crippen molar-refractivity contribution in [1.29, 1.82) is 0 Å². The number of para-hydroxylation sites is 1. The molecule has 2 saturated heterocycles. The molecule has 0 aliphatic carbocycles. The van der Waals surface area contributed by atoms with Crippen LogP contribution in [-0.4, -0.2) is 31.1 Å². The van der Waals surface area contributed by atoms with E-state index < -0.39 is 18.1 Å². The number of fused-ring (bicyclic) bond motifs is 2. The number of hydrogen-bond donors (Lipinski definition) is 0. The van der Waals surface area contributed by atoms with Crippen molar-refractivity contribution in [2.24, 2.45) is 5.92 Å². The van der Waals surface area contributed by atoms with Crippen molar-refractivity contribution >= 4 is 34.0 Å². The molecule has 0 spiro atoms. The summed E-state index contributed by atoms with van der Waals surface area (Å²) in [5, 5.41) is 3.50. The minimum absolute atomic E-state index is 0.283. The van der Waals surface area contributed by atoms with Crippen molar-refractivity contribution in [3.05, 3.63) is 96.6 Å². The standard InChI is InChI=1S/C32H30N2O5/c1-3-19-38-26-18-17-22(20-27(26)37-4-2)29-28-30(39-34(29)23-13-6-5-7-14-23)32(36)33(31(28)35)25-16-10-12-21-11-8-9-15-24(21)25/h5-18,20,28-30H,3-4,19H2,1-2H3/t28-,29-,30+/m0/s1. The number of nitrogens with zero attached hydrogens (tertiary/aromatic N) is 2. The van der Waals surface area contributed by atoms with E-state index in [4.69, 9.17) is 14.3 Å². The number of rotatable bonds is 8. The first kappa shape index (κ1) is 24.9. The second kappa shape index (κ2) is 10.4. The van der Waals surface area contributed by atoms with E-state index in [-0.39, 0.29) is 11.8 Å². The summed E-state index contributed by atoms with van der Waals surface area (Å²) >= 11 is 0. The van der Waals surface area contributed by atoms with E-state index in [2.05, 4.69) is 0 Å². The monoisotopic (exact) mass is 522 g/mol. The molecule has 4 aromatic rings. The van der Waals surface area contributed by atoms with E-state index in [1.54, 1.807) is 5.06 Å². The van der Waals surface area contributed by atoms with E-state index in [1.165, 1.54) is 4.90 Å². The third-order valence-corrected chi connectivity index (χ3v) is 7.20. The highest BCUT2D eigenvalue weighted by Gasteiger charge is 2.60. The van der Waals surface area contributed by atoms with Crippen LogP contribution in [0.4, 0.5) is 11.4 Å². The van der Waals surface area contributed by atoms with Crippen LogP contribution in [0.5, 0.6) is 11.5 Å². The summed E-state index contributed by atoms with van der Waals surface area (Å²) in [6.07, 6.45) is -0.0797. The van der Waals surface area contributed by atoms with Crippen LogP contribution >= 0.6 is 0 Å². The highest BCUT2D eigenvalue weighted by atomic mass is 16.7. The van der Waals surface area contributed by atoms with Crippen LogP contribution in [0, 0.1) is 5.92 Å². The van der Waals surface area contributed by atoms with Gasteiger partial charge in [-0.25, -0.2) is 9.96 Å². The zero-order chi connectivity index (χ0) is 26.9. The van der Waals surface area contributed by atoms with Gasteiger partial charge in [-0.2, -0.15) is 0 Å². The Morgan fingerprint density at radius 1 is 0.795 bits per heavy atom.